The monoisotopic (exact) mass is 338 g/mol. The molecule has 0 aliphatic rings. The van der Waals surface area contributed by atoms with E-state index in [4.69, 9.17) is 12.2 Å². The van der Waals surface area contributed by atoms with E-state index in [2.05, 4.69) is 9.88 Å². The van der Waals surface area contributed by atoms with Gasteiger partial charge in [-0.15, -0.1) is 6.42 Å². The van der Waals surface area contributed by atoms with Gasteiger partial charge in [0.25, 0.3) is 0 Å². The lowest BCUT2D eigenvalue weighted by molar-refractivity contribution is -0.137. The molecule has 1 aromatic rings. The Balaban J connectivity index is 0.000000763. The number of hydrogen-bond donors (Lipinski definition) is 2. The van der Waals surface area contributed by atoms with Crippen molar-refractivity contribution in [1.29, 1.82) is 0 Å². The predicted octanol–water partition coefficient (Wildman–Crippen LogP) is 0.960. The van der Waals surface area contributed by atoms with E-state index in [1.165, 1.54) is 0 Å². The van der Waals surface area contributed by atoms with E-state index in [-0.39, 0.29) is 11.3 Å². The van der Waals surface area contributed by atoms with Crippen molar-refractivity contribution in [3.63, 3.8) is 0 Å². The number of halogens is 3. The smallest absolute Gasteiger partial charge is 0.417 e. The van der Waals surface area contributed by atoms with Crippen LogP contribution in [0, 0.1) is 12.3 Å². The number of primary sulfonamides is 1. The lowest BCUT2D eigenvalue weighted by Crippen LogP contribution is -2.12. The Morgan fingerprint density at radius 1 is 1.36 bits per heavy atom. The minimum Gasteiger partial charge on any atom is -0.465 e. The highest BCUT2D eigenvalue weighted by Crippen LogP contribution is 2.34. The molecule has 0 bridgehead atoms. The van der Waals surface area contributed by atoms with Gasteiger partial charge < -0.3 is 10.5 Å². The molecule has 0 saturated heterocycles. The highest BCUT2D eigenvalue weighted by Gasteiger charge is 2.34. The molecule has 1 aromatic carbocycles. The largest absolute Gasteiger partial charge is 0.465 e. The van der Waals surface area contributed by atoms with Crippen LogP contribution in [-0.4, -0.2) is 27.8 Å². The molecule has 0 heterocycles. The zero-order valence-electron chi connectivity index (χ0n) is 11.6. The molecule has 0 saturated carbocycles. The third-order valence-corrected chi connectivity index (χ3v) is 2.06. The molecule has 6 nitrogen and oxygen atoms in total. The molecule has 0 fully saturated rings. The summed E-state index contributed by atoms with van der Waals surface area (Å²) in [6.07, 6.45) is 1.28. The van der Waals surface area contributed by atoms with Crippen LogP contribution in [0.2, 0.25) is 0 Å². The summed E-state index contributed by atoms with van der Waals surface area (Å²) >= 11 is 0. The lowest BCUT2D eigenvalue weighted by Gasteiger charge is -2.12. The first-order valence-electron chi connectivity index (χ1n) is 5.34. The Bertz CT molecular complexity index is 698. The molecule has 0 spiro atoms. The van der Waals surface area contributed by atoms with Crippen LogP contribution in [0.25, 0.3) is 0 Å². The average molecular weight is 338 g/mol. The summed E-state index contributed by atoms with van der Waals surface area (Å²) in [5.41, 5.74) is 3.33. The quantitative estimate of drug-likeness (QED) is 0.450. The molecule has 0 amide bonds. The number of nitrogens with two attached hydrogens (primary N) is 2. The van der Waals surface area contributed by atoms with E-state index in [1.54, 1.807) is 0 Å². The number of carbonyl (C=O) groups is 1. The van der Waals surface area contributed by atoms with Crippen LogP contribution in [0.15, 0.2) is 12.1 Å². The fraction of sp³-hybridized carbons (Fsp3) is 0.250. The number of nitrogen functional groups attached to an aromatic ring is 1. The topological polar surface area (TPSA) is 112 Å². The van der Waals surface area contributed by atoms with Crippen LogP contribution < -0.4 is 10.9 Å². The summed E-state index contributed by atoms with van der Waals surface area (Å²) < 4.78 is 60.9. The highest BCUT2D eigenvalue weighted by atomic mass is 32.2. The number of alkyl halides is 3. The van der Waals surface area contributed by atoms with Crippen LogP contribution >= 0.6 is 0 Å². The van der Waals surface area contributed by atoms with Crippen molar-refractivity contribution in [2.24, 2.45) is 5.14 Å². The average Bonchev–Trinajstić information content (AvgIpc) is 2.34. The number of benzene rings is 1. The van der Waals surface area contributed by atoms with Gasteiger partial charge in [-0.05, 0) is 12.1 Å². The van der Waals surface area contributed by atoms with E-state index in [9.17, 15) is 26.4 Å². The van der Waals surface area contributed by atoms with Gasteiger partial charge in [0.15, 0.2) is 0 Å². The molecule has 10 heteroatoms. The maximum atomic E-state index is 12.6. The number of sulfonamides is 1. The second-order valence-electron chi connectivity index (χ2n) is 3.95. The fourth-order valence-corrected chi connectivity index (χ4v) is 1.26. The van der Waals surface area contributed by atoms with E-state index in [0.717, 1.165) is 19.4 Å². The minimum absolute atomic E-state index is 0.187. The van der Waals surface area contributed by atoms with Crippen molar-refractivity contribution in [3.8, 4) is 12.3 Å². The molecule has 4 N–H and O–H groups in total. The molecular formula is C12H13F3N2O4S. The van der Waals surface area contributed by atoms with Gasteiger partial charge in [-0.1, -0.05) is 5.92 Å². The van der Waals surface area contributed by atoms with E-state index >= 15 is 0 Å². The molecule has 0 atom stereocenters. The summed E-state index contributed by atoms with van der Waals surface area (Å²) in [4.78, 5) is 11.2. The maximum Gasteiger partial charge on any atom is 0.417 e. The van der Waals surface area contributed by atoms with E-state index in [0.29, 0.717) is 6.07 Å². The number of anilines is 1. The SMILES string of the molecule is C#Cc1cc(C(=O)OC)c(N)cc1C(F)(F)F.CS(N)(=O)=O. The highest BCUT2D eigenvalue weighted by molar-refractivity contribution is 7.88. The normalized spacial score (nSPS) is 11.0. The zero-order chi connectivity index (χ0) is 17.7. The van der Waals surface area contributed by atoms with Crippen LogP contribution in [0.3, 0.4) is 0 Å². The van der Waals surface area contributed by atoms with Crippen molar-refractivity contribution in [2.75, 3.05) is 19.1 Å². The Morgan fingerprint density at radius 2 is 1.82 bits per heavy atom. The molecule has 122 valence electrons. The van der Waals surface area contributed by atoms with Crippen LogP contribution in [-0.2, 0) is 20.9 Å². The Labute approximate surface area is 125 Å². The minimum atomic E-state index is -4.62. The Morgan fingerprint density at radius 3 is 2.14 bits per heavy atom. The number of esters is 1. The summed E-state index contributed by atoms with van der Waals surface area (Å²) in [5.74, 6) is 1.03. The van der Waals surface area contributed by atoms with Crippen LogP contribution in [0.4, 0.5) is 18.9 Å². The van der Waals surface area contributed by atoms with Gasteiger partial charge in [-0.2, -0.15) is 13.2 Å². The number of carbonyl (C=O) groups excluding carboxylic acids is 1. The van der Waals surface area contributed by atoms with Crippen molar-refractivity contribution in [3.05, 3.63) is 28.8 Å². The molecule has 0 aliphatic heterocycles. The lowest BCUT2D eigenvalue weighted by atomic mass is 10.0. The van der Waals surface area contributed by atoms with Crippen molar-refractivity contribution < 1.29 is 31.1 Å². The summed E-state index contributed by atoms with van der Waals surface area (Å²) in [6, 6.07) is 1.52. The number of rotatable bonds is 1. The third kappa shape index (κ3) is 6.47. The Kier molecular flexibility index (Phi) is 6.42. The maximum absolute atomic E-state index is 12.6. The first-order chi connectivity index (χ1) is 9.81. The molecule has 22 heavy (non-hydrogen) atoms. The van der Waals surface area contributed by atoms with Gasteiger partial charge in [0.1, 0.15) is 0 Å². The van der Waals surface area contributed by atoms with Crippen molar-refractivity contribution in [2.45, 2.75) is 6.18 Å². The zero-order valence-corrected chi connectivity index (χ0v) is 12.4. The second-order valence-corrected chi connectivity index (χ2v) is 5.61. The first-order valence-corrected chi connectivity index (χ1v) is 7.30. The van der Waals surface area contributed by atoms with Crippen LogP contribution in [0.5, 0.6) is 0 Å². The number of methoxy groups -OCH3 is 1. The number of ether oxygens (including phenoxy) is 1. The predicted molar refractivity (Wildman–Crippen MR) is 74.2 cm³/mol. The van der Waals surface area contributed by atoms with Gasteiger partial charge >= 0.3 is 12.1 Å². The van der Waals surface area contributed by atoms with E-state index in [1.807, 2.05) is 5.92 Å². The summed E-state index contributed by atoms with van der Waals surface area (Å²) in [6.45, 7) is 0. The molecule has 0 radical (unpaired) electrons. The van der Waals surface area contributed by atoms with Crippen molar-refractivity contribution >= 4 is 21.7 Å². The van der Waals surface area contributed by atoms with Crippen molar-refractivity contribution in [1.82, 2.24) is 0 Å². The van der Waals surface area contributed by atoms with Gasteiger partial charge in [0.05, 0.1) is 24.5 Å². The number of hydrogen-bond acceptors (Lipinski definition) is 5. The molecule has 1 rings (SSSR count). The van der Waals surface area contributed by atoms with Gasteiger partial charge in [0.2, 0.25) is 10.0 Å². The second kappa shape index (κ2) is 7.15. The summed E-state index contributed by atoms with van der Waals surface area (Å²) in [7, 11) is -2.07. The number of terminal acetylenes is 1. The van der Waals surface area contributed by atoms with Gasteiger partial charge in [-0.3, -0.25) is 0 Å². The van der Waals surface area contributed by atoms with Crippen LogP contribution in [0.1, 0.15) is 21.5 Å². The first kappa shape index (κ1) is 19.8. The van der Waals surface area contributed by atoms with Gasteiger partial charge in [0, 0.05) is 11.3 Å². The fourth-order valence-electron chi connectivity index (χ4n) is 1.26. The molecule has 0 aromatic heterocycles. The summed E-state index contributed by atoms with van der Waals surface area (Å²) in [5, 5.41) is 4.33. The third-order valence-electron chi connectivity index (χ3n) is 2.06. The standard InChI is InChI=1S/C11H8F3NO2.CH5NO2S/c1-3-6-4-7(10(16)17-2)9(15)5-8(6)11(12,13)14;1-5(2,3)4/h1,4-5H,15H2,2H3;1H3,(H2,2,3,4). The Hall–Kier alpha value is -2.25. The molecule has 0 aliphatic carbocycles. The van der Waals surface area contributed by atoms with Gasteiger partial charge in [-0.25, -0.2) is 18.4 Å². The molecular weight excluding hydrogens is 325 g/mol. The molecule has 0 unspecified atom stereocenters. The van der Waals surface area contributed by atoms with E-state index < -0.39 is 33.3 Å².